The maximum atomic E-state index is 13.2. The van der Waals surface area contributed by atoms with Gasteiger partial charge in [0, 0.05) is 56.4 Å². The maximum Gasteiger partial charge on any atom is 0.319 e. The highest BCUT2D eigenvalue weighted by atomic mass is 16.4. The molecule has 0 aliphatic carbocycles. The summed E-state index contributed by atoms with van der Waals surface area (Å²) in [5.41, 5.74) is 2.67. The fourth-order valence-electron chi connectivity index (χ4n) is 4.60. The van der Waals surface area contributed by atoms with Crippen LogP contribution >= 0.6 is 0 Å². The summed E-state index contributed by atoms with van der Waals surface area (Å²) in [6.07, 6.45) is 6.64. The van der Waals surface area contributed by atoms with Crippen LogP contribution in [-0.2, 0) is 11.2 Å². The Labute approximate surface area is 237 Å². The van der Waals surface area contributed by atoms with E-state index in [1.165, 1.54) is 0 Å². The first-order valence-corrected chi connectivity index (χ1v) is 13.3. The molecule has 41 heavy (non-hydrogen) atoms. The summed E-state index contributed by atoms with van der Waals surface area (Å²) in [4.78, 5) is 44.6. The first kappa shape index (κ1) is 27.5. The number of carboxylic acid groups (broad SMARTS) is 1. The van der Waals surface area contributed by atoms with Crippen molar-refractivity contribution in [1.82, 2.24) is 30.6 Å². The van der Waals surface area contributed by atoms with E-state index in [9.17, 15) is 14.7 Å². The van der Waals surface area contributed by atoms with E-state index in [0.29, 0.717) is 29.4 Å². The third kappa shape index (κ3) is 7.73. The van der Waals surface area contributed by atoms with Gasteiger partial charge in [-0.05, 0) is 36.2 Å². The quantitative estimate of drug-likeness (QED) is 0.197. The van der Waals surface area contributed by atoms with Gasteiger partial charge in [0.2, 0.25) is 0 Å². The van der Waals surface area contributed by atoms with E-state index in [1.807, 2.05) is 42.5 Å². The zero-order valence-electron chi connectivity index (χ0n) is 22.3. The van der Waals surface area contributed by atoms with Gasteiger partial charge in [0.15, 0.2) is 0 Å². The standard InChI is InChI=1S/C29H31N9O3/c39-27(40)18-22(16-20-4-2-1-3-5-20)34-29(41)35-23-6-7-24(36-25-19-31-10-11-32-25)37-28(23)21-8-9-33-26(17-21)38-14-12-30-13-15-38/h1-11,17,19,22,30H,12-16,18H2,(H,39,40)(H,32,36,37)(H2,34,35,41)/t22-/m0/s1. The summed E-state index contributed by atoms with van der Waals surface area (Å²) in [5, 5.41) is 21.6. The van der Waals surface area contributed by atoms with Crippen LogP contribution in [-0.4, -0.2) is 69.3 Å². The number of urea groups is 1. The Morgan fingerprint density at radius 2 is 1.80 bits per heavy atom. The molecule has 5 rings (SSSR count). The predicted molar refractivity (Wildman–Crippen MR) is 156 cm³/mol. The van der Waals surface area contributed by atoms with Gasteiger partial charge in [-0.1, -0.05) is 30.3 Å². The van der Waals surface area contributed by atoms with Gasteiger partial charge < -0.3 is 31.3 Å². The van der Waals surface area contributed by atoms with Crippen LogP contribution in [0.3, 0.4) is 0 Å². The van der Waals surface area contributed by atoms with Gasteiger partial charge in [-0.3, -0.25) is 9.78 Å². The number of aromatic nitrogens is 4. The maximum absolute atomic E-state index is 13.2. The van der Waals surface area contributed by atoms with Gasteiger partial charge in [0.05, 0.1) is 24.0 Å². The first-order chi connectivity index (χ1) is 20.0. The Bertz CT molecular complexity index is 1470. The number of hydrogen-bond donors (Lipinski definition) is 5. The number of nitrogens with one attached hydrogen (secondary N) is 4. The molecule has 12 heteroatoms. The molecule has 3 aromatic heterocycles. The highest BCUT2D eigenvalue weighted by molar-refractivity contribution is 5.94. The lowest BCUT2D eigenvalue weighted by molar-refractivity contribution is -0.137. The van der Waals surface area contributed by atoms with Gasteiger partial charge in [-0.2, -0.15) is 0 Å². The molecular weight excluding hydrogens is 522 g/mol. The number of nitrogens with zero attached hydrogens (tertiary/aromatic N) is 5. The third-order valence-electron chi connectivity index (χ3n) is 6.50. The minimum atomic E-state index is -0.995. The Balaban J connectivity index is 1.41. The predicted octanol–water partition coefficient (Wildman–Crippen LogP) is 3.29. The number of amides is 2. The minimum absolute atomic E-state index is 0.215. The molecule has 1 fully saturated rings. The van der Waals surface area contributed by atoms with E-state index in [0.717, 1.165) is 43.1 Å². The normalized spacial score (nSPS) is 13.7. The van der Waals surface area contributed by atoms with Gasteiger partial charge >= 0.3 is 12.0 Å². The summed E-state index contributed by atoms with van der Waals surface area (Å²) in [6.45, 7) is 3.40. The van der Waals surface area contributed by atoms with Crippen molar-refractivity contribution in [3.05, 3.63) is 84.9 Å². The molecule has 4 heterocycles. The third-order valence-corrected chi connectivity index (χ3v) is 6.50. The topological polar surface area (TPSA) is 157 Å². The Hall–Kier alpha value is -5.10. The van der Waals surface area contributed by atoms with E-state index < -0.39 is 18.0 Å². The van der Waals surface area contributed by atoms with Crippen LogP contribution < -0.4 is 26.2 Å². The molecule has 2 amide bonds. The number of piperazine rings is 1. The molecule has 5 N–H and O–H groups in total. The lowest BCUT2D eigenvalue weighted by Gasteiger charge is -2.28. The van der Waals surface area contributed by atoms with Crippen molar-refractivity contribution in [2.45, 2.75) is 18.9 Å². The highest BCUT2D eigenvalue weighted by Crippen LogP contribution is 2.30. The monoisotopic (exact) mass is 553 g/mol. The molecule has 210 valence electrons. The van der Waals surface area contributed by atoms with E-state index in [-0.39, 0.29) is 6.42 Å². The fraction of sp³-hybridized carbons (Fsp3) is 0.241. The van der Waals surface area contributed by atoms with Crippen molar-refractivity contribution in [2.24, 2.45) is 0 Å². The van der Waals surface area contributed by atoms with Gasteiger partial charge in [-0.15, -0.1) is 0 Å². The van der Waals surface area contributed by atoms with Crippen molar-refractivity contribution in [1.29, 1.82) is 0 Å². The lowest BCUT2D eigenvalue weighted by atomic mass is 10.0. The number of rotatable bonds is 10. The average Bonchev–Trinajstić information content (AvgIpc) is 2.99. The SMILES string of the molecule is O=C(O)C[C@H](Cc1ccccc1)NC(=O)Nc1ccc(Nc2cnccn2)nc1-c1ccnc(N2CCNCC2)c1. The molecule has 0 unspecified atom stereocenters. The Kier molecular flexibility index (Phi) is 8.91. The van der Waals surface area contributed by atoms with Crippen LogP contribution in [0, 0.1) is 0 Å². The molecule has 0 radical (unpaired) electrons. The number of carbonyl (C=O) groups excluding carboxylic acids is 1. The summed E-state index contributed by atoms with van der Waals surface area (Å²) < 4.78 is 0. The summed E-state index contributed by atoms with van der Waals surface area (Å²) in [6, 6.07) is 15.6. The van der Waals surface area contributed by atoms with E-state index >= 15 is 0 Å². The minimum Gasteiger partial charge on any atom is -0.481 e. The van der Waals surface area contributed by atoms with Crippen molar-refractivity contribution < 1.29 is 14.7 Å². The van der Waals surface area contributed by atoms with Crippen molar-refractivity contribution in [3.8, 4) is 11.3 Å². The van der Waals surface area contributed by atoms with Crippen LogP contribution in [0.4, 0.5) is 27.9 Å². The number of carboxylic acids is 1. The molecule has 1 aliphatic rings. The molecule has 0 bridgehead atoms. The Morgan fingerprint density at radius 1 is 0.976 bits per heavy atom. The number of aliphatic carboxylic acids is 1. The lowest BCUT2D eigenvalue weighted by Crippen LogP contribution is -2.43. The van der Waals surface area contributed by atoms with E-state index in [4.69, 9.17) is 4.98 Å². The van der Waals surface area contributed by atoms with Crippen LogP contribution in [0.2, 0.25) is 0 Å². The Morgan fingerprint density at radius 3 is 2.56 bits per heavy atom. The van der Waals surface area contributed by atoms with Crippen molar-refractivity contribution >= 4 is 35.1 Å². The van der Waals surface area contributed by atoms with Crippen LogP contribution in [0.25, 0.3) is 11.3 Å². The van der Waals surface area contributed by atoms with Gasteiger partial charge in [0.25, 0.3) is 0 Å². The van der Waals surface area contributed by atoms with Crippen LogP contribution in [0.15, 0.2) is 79.4 Å². The van der Waals surface area contributed by atoms with E-state index in [2.05, 4.69) is 41.1 Å². The first-order valence-electron chi connectivity index (χ1n) is 13.3. The second-order valence-electron chi connectivity index (χ2n) is 9.53. The molecule has 4 aromatic rings. The van der Waals surface area contributed by atoms with Crippen molar-refractivity contribution in [2.75, 3.05) is 41.7 Å². The van der Waals surface area contributed by atoms with Crippen LogP contribution in [0.5, 0.6) is 0 Å². The second kappa shape index (κ2) is 13.3. The number of hydrogen-bond acceptors (Lipinski definition) is 9. The molecule has 0 saturated carbocycles. The molecule has 0 spiro atoms. The molecule has 12 nitrogen and oxygen atoms in total. The molecule has 1 aliphatic heterocycles. The molecule has 1 atom stereocenters. The van der Waals surface area contributed by atoms with Gasteiger partial charge in [-0.25, -0.2) is 19.7 Å². The van der Waals surface area contributed by atoms with Crippen molar-refractivity contribution in [3.63, 3.8) is 0 Å². The number of benzene rings is 1. The largest absolute Gasteiger partial charge is 0.481 e. The fourth-order valence-corrected chi connectivity index (χ4v) is 4.60. The van der Waals surface area contributed by atoms with Crippen LogP contribution in [0.1, 0.15) is 12.0 Å². The smallest absolute Gasteiger partial charge is 0.319 e. The summed E-state index contributed by atoms with van der Waals surface area (Å²) >= 11 is 0. The zero-order valence-corrected chi connectivity index (χ0v) is 22.3. The molecular formula is C29H31N9O3. The summed E-state index contributed by atoms with van der Waals surface area (Å²) in [7, 11) is 0. The number of carbonyl (C=O) groups is 2. The zero-order chi connectivity index (χ0) is 28.4. The molecule has 1 saturated heterocycles. The molecule has 1 aromatic carbocycles. The number of anilines is 4. The van der Waals surface area contributed by atoms with Gasteiger partial charge in [0.1, 0.15) is 17.5 Å². The number of pyridine rings is 2. The second-order valence-corrected chi connectivity index (χ2v) is 9.53. The van der Waals surface area contributed by atoms with E-state index in [1.54, 1.807) is 36.9 Å². The highest BCUT2D eigenvalue weighted by Gasteiger charge is 2.20. The average molecular weight is 554 g/mol. The summed E-state index contributed by atoms with van der Waals surface area (Å²) in [5.74, 6) is 0.862.